The minimum Gasteiger partial charge on any atom is -0.497 e. The van der Waals surface area contributed by atoms with Crippen molar-refractivity contribution in [3.05, 3.63) is 46.0 Å². The van der Waals surface area contributed by atoms with E-state index in [9.17, 15) is 9.59 Å². The molecule has 0 saturated carbocycles. The lowest BCUT2D eigenvalue weighted by Gasteiger charge is -2.09. The molecule has 0 aliphatic rings. The summed E-state index contributed by atoms with van der Waals surface area (Å²) >= 11 is 2.56. The summed E-state index contributed by atoms with van der Waals surface area (Å²) in [7, 11) is 1.63. The highest BCUT2D eigenvalue weighted by Gasteiger charge is 2.07. The van der Waals surface area contributed by atoms with Gasteiger partial charge in [-0.05, 0) is 43.5 Å². The fourth-order valence-corrected chi connectivity index (χ4v) is 4.13. The van der Waals surface area contributed by atoms with Gasteiger partial charge in [0.05, 0.1) is 13.7 Å². The number of carbonyl (C=O) groups is 1. The molecule has 0 amide bonds. The molecule has 1 aromatic heterocycles. The summed E-state index contributed by atoms with van der Waals surface area (Å²) in [6.45, 7) is 5.99. The Labute approximate surface area is 168 Å². The van der Waals surface area contributed by atoms with Crippen LogP contribution in [0.1, 0.15) is 39.0 Å². The molecule has 0 saturated heterocycles. The quantitative estimate of drug-likeness (QED) is 0.368. The van der Waals surface area contributed by atoms with E-state index in [-0.39, 0.29) is 9.86 Å². The fourth-order valence-electron chi connectivity index (χ4n) is 2.56. The number of ether oxygens (including phenoxy) is 2. The van der Waals surface area contributed by atoms with Gasteiger partial charge in [0, 0.05) is 21.9 Å². The highest BCUT2D eigenvalue weighted by molar-refractivity contribution is 8.14. The number of unbranched alkanes of at least 4 members (excludes halogenated alkanes) is 4. The molecule has 0 N–H and O–H groups in total. The summed E-state index contributed by atoms with van der Waals surface area (Å²) in [6, 6.07) is 7.21. The Bertz CT molecular complexity index is 842. The number of hydrogen-bond donors (Lipinski definition) is 0. The molecule has 2 rings (SSSR count). The molecule has 146 valence electrons. The zero-order chi connectivity index (χ0) is 19.6. The van der Waals surface area contributed by atoms with E-state index in [1.165, 1.54) is 23.1 Å². The monoisotopic (exact) mass is 406 g/mol. The van der Waals surface area contributed by atoms with Gasteiger partial charge in [-0.3, -0.25) is 9.59 Å². The van der Waals surface area contributed by atoms with Crippen LogP contribution in [0.5, 0.6) is 11.5 Å². The molecule has 0 spiro atoms. The second kappa shape index (κ2) is 11.1. The van der Waals surface area contributed by atoms with Gasteiger partial charge in [0.1, 0.15) is 11.5 Å². The minimum absolute atomic E-state index is 0.00975. The van der Waals surface area contributed by atoms with Crippen LogP contribution in [0.2, 0.25) is 0 Å². The Kier molecular flexibility index (Phi) is 8.88. The van der Waals surface area contributed by atoms with Gasteiger partial charge in [-0.1, -0.05) is 48.9 Å². The Morgan fingerprint density at radius 3 is 2.63 bits per heavy atom. The van der Waals surface area contributed by atoms with Crippen molar-refractivity contribution in [3.8, 4) is 11.5 Å². The van der Waals surface area contributed by atoms with E-state index in [4.69, 9.17) is 9.47 Å². The Morgan fingerprint density at radius 2 is 1.89 bits per heavy atom. The first-order valence-corrected chi connectivity index (χ1v) is 10.9. The summed E-state index contributed by atoms with van der Waals surface area (Å²) in [5, 5.41) is 1.01. The van der Waals surface area contributed by atoms with Crippen LogP contribution in [0.25, 0.3) is 10.1 Å². The highest BCUT2D eigenvalue weighted by Crippen LogP contribution is 2.30. The SMILES string of the molecule is C=C(C)C(=O)SCCCCCCCOc1cc(=O)sc2ccc(OC)cc12. The lowest BCUT2D eigenvalue weighted by Crippen LogP contribution is -2.01. The molecule has 6 heteroatoms. The molecule has 0 unspecified atom stereocenters. The molecular weight excluding hydrogens is 380 g/mol. The van der Waals surface area contributed by atoms with Crippen LogP contribution in [-0.4, -0.2) is 24.6 Å². The first kappa shape index (κ1) is 21.5. The van der Waals surface area contributed by atoms with Crippen molar-refractivity contribution in [1.29, 1.82) is 0 Å². The third-order valence-corrected chi connectivity index (χ3v) is 6.04. The predicted molar refractivity (Wildman–Crippen MR) is 116 cm³/mol. The van der Waals surface area contributed by atoms with Crippen molar-refractivity contribution in [2.75, 3.05) is 19.5 Å². The first-order chi connectivity index (χ1) is 13.0. The third kappa shape index (κ3) is 7.03. The lowest BCUT2D eigenvalue weighted by molar-refractivity contribution is -0.107. The van der Waals surface area contributed by atoms with E-state index in [0.29, 0.717) is 17.9 Å². The van der Waals surface area contributed by atoms with Crippen LogP contribution in [0.15, 0.2) is 41.2 Å². The fraction of sp³-hybridized carbons (Fsp3) is 0.429. The van der Waals surface area contributed by atoms with Crippen molar-refractivity contribution in [2.45, 2.75) is 39.0 Å². The normalized spacial score (nSPS) is 10.7. The van der Waals surface area contributed by atoms with Crippen LogP contribution in [0, 0.1) is 0 Å². The second-order valence-corrected chi connectivity index (χ2v) is 8.44. The van der Waals surface area contributed by atoms with Crippen molar-refractivity contribution in [1.82, 2.24) is 0 Å². The zero-order valence-electron chi connectivity index (χ0n) is 15.9. The van der Waals surface area contributed by atoms with Crippen LogP contribution in [0.4, 0.5) is 0 Å². The number of thioether (sulfide) groups is 1. The number of rotatable bonds is 11. The summed E-state index contributed by atoms with van der Waals surface area (Å²) in [4.78, 5) is 23.3. The van der Waals surface area contributed by atoms with Gasteiger partial charge in [-0.2, -0.15) is 0 Å². The predicted octanol–water partition coefficient (Wildman–Crippen LogP) is 5.44. The van der Waals surface area contributed by atoms with Gasteiger partial charge < -0.3 is 9.47 Å². The van der Waals surface area contributed by atoms with E-state index in [2.05, 4.69) is 6.58 Å². The van der Waals surface area contributed by atoms with Gasteiger partial charge in [0.2, 0.25) is 9.86 Å². The zero-order valence-corrected chi connectivity index (χ0v) is 17.5. The number of carbonyl (C=O) groups excluding carboxylic acids is 1. The van der Waals surface area contributed by atoms with Gasteiger partial charge in [0.25, 0.3) is 0 Å². The lowest BCUT2D eigenvalue weighted by atomic mass is 10.2. The molecule has 1 heterocycles. The van der Waals surface area contributed by atoms with Gasteiger partial charge in [-0.25, -0.2) is 0 Å². The molecule has 1 aromatic carbocycles. The van der Waals surface area contributed by atoms with Gasteiger partial charge in [-0.15, -0.1) is 0 Å². The summed E-state index contributed by atoms with van der Waals surface area (Å²) in [6.07, 6.45) is 5.27. The molecule has 0 bridgehead atoms. The highest BCUT2D eigenvalue weighted by atomic mass is 32.2. The summed E-state index contributed by atoms with van der Waals surface area (Å²) in [5.74, 6) is 2.23. The van der Waals surface area contributed by atoms with E-state index in [1.54, 1.807) is 20.1 Å². The van der Waals surface area contributed by atoms with Crippen LogP contribution < -0.4 is 14.2 Å². The minimum atomic E-state index is -0.00975. The third-order valence-electron chi connectivity index (χ3n) is 4.04. The van der Waals surface area contributed by atoms with Crippen LogP contribution >= 0.6 is 23.1 Å². The number of methoxy groups -OCH3 is 1. The Morgan fingerprint density at radius 1 is 1.15 bits per heavy atom. The average Bonchev–Trinajstić information content (AvgIpc) is 2.65. The van der Waals surface area contributed by atoms with E-state index in [1.807, 2.05) is 18.2 Å². The summed E-state index contributed by atoms with van der Waals surface area (Å²) < 4.78 is 12.0. The maximum atomic E-state index is 11.9. The van der Waals surface area contributed by atoms with Crippen LogP contribution in [-0.2, 0) is 4.79 Å². The molecular formula is C21H26O4S2. The average molecular weight is 407 g/mol. The molecule has 2 aromatic rings. The van der Waals surface area contributed by atoms with Crippen LogP contribution in [0.3, 0.4) is 0 Å². The van der Waals surface area contributed by atoms with E-state index >= 15 is 0 Å². The molecule has 0 radical (unpaired) electrons. The van der Waals surface area contributed by atoms with E-state index in [0.717, 1.165) is 53.7 Å². The smallest absolute Gasteiger partial charge is 0.236 e. The van der Waals surface area contributed by atoms with Crippen molar-refractivity contribution in [3.63, 3.8) is 0 Å². The maximum Gasteiger partial charge on any atom is 0.236 e. The number of hydrogen-bond acceptors (Lipinski definition) is 6. The Balaban J connectivity index is 1.72. The molecule has 0 fully saturated rings. The first-order valence-electron chi connectivity index (χ1n) is 9.08. The van der Waals surface area contributed by atoms with Crippen molar-refractivity contribution >= 4 is 38.3 Å². The van der Waals surface area contributed by atoms with Gasteiger partial charge in [0.15, 0.2) is 0 Å². The maximum absolute atomic E-state index is 11.9. The van der Waals surface area contributed by atoms with E-state index < -0.39 is 0 Å². The number of benzene rings is 1. The molecule has 0 atom stereocenters. The van der Waals surface area contributed by atoms with Gasteiger partial charge >= 0.3 is 0 Å². The van der Waals surface area contributed by atoms with Crippen molar-refractivity contribution < 1.29 is 14.3 Å². The largest absolute Gasteiger partial charge is 0.497 e. The standard InChI is InChI=1S/C21H26O4S2/c1-15(2)21(23)26-12-8-6-4-5-7-11-25-18-14-20(22)27-19-10-9-16(24-3)13-17(18)19/h9-10,13-14H,1,4-8,11-12H2,2-3H3. The molecule has 0 aliphatic carbocycles. The Hall–Kier alpha value is -1.79. The van der Waals surface area contributed by atoms with Crippen molar-refractivity contribution in [2.24, 2.45) is 0 Å². The molecule has 4 nitrogen and oxygen atoms in total. The summed E-state index contributed by atoms with van der Waals surface area (Å²) in [5.41, 5.74) is 0.616. The topological polar surface area (TPSA) is 52.6 Å². The molecule has 0 aliphatic heterocycles. The molecule has 27 heavy (non-hydrogen) atoms. The number of fused-ring (bicyclic) bond motifs is 1. The second-order valence-electron chi connectivity index (χ2n) is 6.32.